The van der Waals surface area contributed by atoms with E-state index in [0.29, 0.717) is 117 Å². The average Bonchev–Trinajstić information content (AvgIpc) is 1.68. The highest BCUT2D eigenvalue weighted by molar-refractivity contribution is 9.11. The fourth-order valence-electron chi connectivity index (χ4n) is 14.2. The van der Waals surface area contributed by atoms with E-state index in [1.165, 1.54) is 57.3 Å². The van der Waals surface area contributed by atoms with Gasteiger partial charge in [0.15, 0.2) is 0 Å². The lowest BCUT2D eigenvalue weighted by molar-refractivity contribution is -0.143. The Morgan fingerprint density at radius 2 is 0.856 bits per heavy atom. The molecule has 125 heavy (non-hydrogen) atoms. The molecule has 672 valence electrons. The van der Waals surface area contributed by atoms with Gasteiger partial charge in [-0.15, -0.1) is 0 Å². The molecule has 0 radical (unpaired) electrons. The van der Waals surface area contributed by atoms with Crippen LogP contribution in [0.2, 0.25) is 0 Å². The first-order valence-corrected chi connectivity index (χ1v) is 42.1. The molecule has 0 saturated carbocycles. The molecule has 22 nitrogen and oxygen atoms in total. The van der Waals surface area contributed by atoms with Crippen LogP contribution in [0.15, 0.2) is 197 Å². The molecule has 3 amide bonds. The van der Waals surface area contributed by atoms with E-state index < -0.39 is 29.6 Å². The number of carbonyl (C=O) groups is 7. The van der Waals surface area contributed by atoms with Crippen molar-refractivity contribution >= 4 is 143 Å². The molecule has 4 atom stereocenters. The zero-order valence-corrected chi connectivity index (χ0v) is 78.9. The summed E-state index contributed by atoms with van der Waals surface area (Å²) in [7, 11) is 5.41. The molecular formula is C93H106Br3F3N4O18S4. The third kappa shape index (κ3) is 29.1. The van der Waals surface area contributed by atoms with Crippen molar-refractivity contribution in [1.82, 2.24) is 20.6 Å². The third-order valence-corrected chi connectivity index (χ3v) is 23.6. The van der Waals surface area contributed by atoms with E-state index in [1.54, 1.807) is 78.3 Å². The molecule has 5 heterocycles. The maximum absolute atomic E-state index is 13.5. The molecule has 2 fully saturated rings. The smallest absolute Gasteiger partial charge is 0.416 e. The van der Waals surface area contributed by atoms with E-state index in [4.69, 9.17) is 38.4 Å². The zero-order chi connectivity index (χ0) is 86.9. The number of ether oxygens (including phenoxy) is 9. The molecule has 5 aliphatic rings. The van der Waals surface area contributed by atoms with E-state index in [2.05, 4.69) is 118 Å². The van der Waals surface area contributed by atoms with Crippen LogP contribution in [0.25, 0.3) is 0 Å². The molecule has 14 rings (SSSR count). The van der Waals surface area contributed by atoms with E-state index >= 15 is 0 Å². The monoisotopic (exact) mass is 1990 g/mol. The summed E-state index contributed by atoms with van der Waals surface area (Å²) in [5.74, 6) is -0.324. The predicted octanol–water partition coefficient (Wildman–Crippen LogP) is 18.2. The van der Waals surface area contributed by atoms with Crippen molar-refractivity contribution in [3.63, 3.8) is 0 Å². The fraction of sp³-hybridized carbons (Fsp3) is 0.344. The Morgan fingerprint density at radius 3 is 1.25 bits per heavy atom. The molecule has 9 aromatic rings. The minimum atomic E-state index is -4.38. The number of aliphatic hydroxyl groups excluding tert-OH is 1. The number of fused-ring (bicyclic) bond motifs is 3. The van der Waals surface area contributed by atoms with Gasteiger partial charge in [-0.3, -0.25) is 19.6 Å². The largest absolute Gasteiger partial charge is 0.491 e. The number of hydrogen-bond acceptors (Lipinski definition) is 19. The number of nitrogens with zero attached hydrogens (tertiary/aromatic N) is 2. The summed E-state index contributed by atoms with van der Waals surface area (Å²) in [5, 5.41) is 22.8. The number of benzene rings is 9. The topological polar surface area (TPSA) is 274 Å². The first kappa shape index (κ1) is 105. The third-order valence-electron chi connectivity index (χ3n) is 21.5. The summed E-state index contributed by atoms with van der Waals surface area (Å²) >= 11 is 10.1. The normalized spacial score (nSPS) is 16.0. The average molecular weight is 1990 g/mol. The molecule has 0 unspecified atom stereocenters. The molecule has 5 aliphatic heterocycles. The number of aliphatic hydroxyl groups is 1. The number of esters is 4. The Balaban J connectivity index is 0.000000245. The van der Waals surface area contributed by atoms with Crippen LogP contribution in [-0.4, -0.2) is 143 Å². The van der Waals surface area contributed by atoms with Crippen molar-refractivity contribution < 1.29 is 99.7 Å². The highest BCUT2D eigenvalue weighted by atomic mass is 79.9. The second kappa shape index (κ2) is 51.2. The maximum atomic E-state index is 13.5. The number of nitrogens with one attached hydrogen (secondary N) is 2. The van der Waals surface area contributed by atoms with Gasteiger partial charge in [-0.25, -0.2) is 24.7 Å². The number of aryl methyl sites for hydroxylation is 4. The van der Waals surface area contributed by atoms with E-state index in [0.717, 1.165) is 102 Å². The highest BCUT2D eigenvalue weighted by Crippen LogP contribution is 2.39. The minimum Gasteiger partial charge on any atom is -0.491 e. The second-order valence-corrected chi connectivity index (χ2v) is 31.8. The Kier molecular flexibility index (Phi) is 42.9. The van der Waals surface area contributed by atoms with Gasteiger partial charge >= 0.3 is 30.1 Å². The Bertz CT molecular complexity index is 4900. The zero-order valence-electron chi connectivity index (χ0n) is 70.2. The Morgan fingerprint density at radius 1 is 0.488 bits per heavy atom. The number of alkyl halides is 4. The lowest BCUT2D eigenvalue weighted by Gasteiger charge is -2.34. The van der Waals surface area contributed by atoms with E-state index in [9.17, 15) is 51.8 Å². The number of halogens is 6. The Hall–Kier alpha value is -8.90. The van der Waals surface area contributed by atoms with Crippen LogP contribution >= 0.6 is 102 Å². The molecule has 0 bridgehead atoms. The van der Waals surface area contributed by atoms with Gasteiger partial charge in [0.05, 0.1) is 87.5 Å². The lowest BCUT2D eigenvalue weighted by Crippen LogP contribution is -2.41. The molecule has 2 saturated heterocycles. The number of carbonyl (C=O) groups excluding carboxylic acids is 7. The lowest BCUT2D eigenvalue weighted by atomic mass is 9.92. The molecular weight excluding hydrogens is 1890 g/mol. The summed E-state index contributed by atoms with van der Waals surface area (Å²) in [6.45, 7) is 11.1. The highest BCUT2D eigenvalue weighted by Gasteiger charge is 2.38. The molecule has 0 spiro atoms. The van der Waals surface area contributed by atoms with E-state index in [1.807, 2.05) is 66.1 Å². The van der Waals surface area contributed by atoms with Gasteiger partial charge in [-0.05, 0) is 165 Å². The van der Waals surface area contributed by atoms with Crippen molar-refractivity contribution in [2.75, 3.05) is 81.3 Å². The SMILES string of the molecule is COC(=O)c1ccc(CBr)c(Br)c1.COC(=O)c1ccc(CC[C@H](CO)c2ccc(C(F)(F)F)cc2)c(Br)c1.COC(=O)c1ccc2c(c1)OC[C@H](c1ccc(C)cc1)N(C(=O)C1CCOCC1)C2.COC(=O)c1ccc2c(c1)OC[C@H](c1ccc(C)cc1)NC2.Cc1ccc([C@H]2COc3cc(C(=O)NO)ccc3CN2C(=O)C2CCOCC2)cc1.S.S.S.S. The maximum Gasteiger partial charge on any atom is 0.416 e. The summed E-state index contributed by atoms with van der Waals surface area (Å²) in [6, 6.07) is 55.6. The number of hydrogen-bond donors (Lipinski definition) is 4. The Labute approximate surface area is 779 Å². The first-order valence-electron chi connectivity index (χ1n) is 39.4. The molecule has 0 aromatic heterocycles. The molecule has 32 heteroatoms. The molecule has 4 N–H and O–H groups in total. The second-order valence-electron chi connectivity index (χ2n) is 29.5. The standard InChI is InChI=1S/C24H27NO5.C23H26N2O5.C19H18BrF3O3.C18H19NO3.C9H8Br2O2.4H2S/c1-16-3-5-17(6-4-16)21-15-30-22-13-19(24(27)28-2)7-8-20(22)14-25(21)23(26)18-9-11-29-12-10-18;1-15-2-4-16(5-3-15)20-14-30-21-12-18(22(26)24-28)6-7-19(21)13-25(20)23(27)17-8-10-29-11-9-17;1-26-18(25)14-4-2-13(17(20)10-14)3-5-15(11-24)12-6-8-16(9-7-12)19(21,22)23;1-12-3-5-13(6-4-12)16-11-22-17-9-14(18(20)21-2)7-8-15(17)10-19-16;1-13-9(12)6-2-3-7(5-10)8(11)4-6;;;;/h3-8,13,18,21H,9-12,14-15H2,1-2H3;2-7,12,17,20,28H,8-11,13-14H2,1H3,(H,24,26);2,4,6-10,15,24H,3,5,11H2,1H3;3-9,16,19H,10-11H2,1-2H3;2-4H,5H2,1H3;4*1H2/t21-;20-;15-;16-;;;;;/m1111...../s1. The molecule has 9 aromatic carbocycles. The number of amides is 3. The van der Waals surface area contributed by atoms with E-state index in [-0.39, 0.29) is 127 Å². The summed E-state index contributed by atoms with van der Waals surface area (Å²) in [4.78, 5) is 88.8. The van der Waals surface area contributed by atoms with Crippen LogP contribution in [0.1, 0.15) is 180 Å². The van der Waals surface area contributed by atoms with Crippen molar-refractivity contribution in [3.05, 3.63) is 297 Å². The summed E-state index contributed by atoms with van der Waals surface area (Å²) in [5.41, 5.74) is 15.4. The number of methoxy groups -OCH3 is 4. The number of rotatable bonds is 16. The van der Waals surface area contributed by atoms with Crippen molar-refractivity contribution in [1.29, 1.82) is 0 Å². The fourth-order valence-corrected chi connectivity index (χ4v) is 16.2. The van der Waals surface area contributed by atoms with Crippen LogP contribution < -0.4 is 25.0 Å². The first-order chi connectivity index (χ1) is 58.2. The van der Waals surface area contributed by atoms with Crippen LogP contribution in [0.5, 0.6) is 17.2 Å². The van der Waals surface area contributed by atoms with Gasteiger partial charge in [-0.1, -0.05) is 180 Å². The predicted molar refractivity (Wildman–Crippen MR) is 499 cm³/mol. The quantitative estimate of drug-likeness (QED) is 0.0230. The minimum absolute atomic E-state index is 0. The van der Waals surface area contributed by atoms with Gasteiger partial charge < -0.3 is 62.9 Å². The van der Waals surface area contributed by atoms with Gasteiger partial charge in [0, 0.05) is 93.9 Å². The van der Waals surface area contributed by atoms with Crippen LogP contribution in [-0.2, 0) is 75.6 Å². The van der Waals surface area contributed by atoms with Gasteiger partial charge in [0.1, 0.15) is 37.1 Å². The van der Waals surface area contributed by atoms with Crippen LogP contribution in [0, 0.1) is 32.6 Å². The summed E-state index contributed by atoms with van der Waals surface area (Å²) in [6.07, 6.45) is -0.305. The molecule has 0 aliphatic carbocycles. The number of hydroxylamine groups is 1. The van der Waals surface area contributed by atoms with Crippen molar-refractivity contribution in [2.24, 2.45) is 11.8 Å². The van der Waals surface area contributed by atoms with Gasteiger partial charge in [0.2, 0.25) is 11.8 Å². The van der Waals surface area contributed by atoms with Crippen molar-refractivity contribution in [3.8, 4) is 17.2 Å². The van der Waals surface area contributed by atoms with Crippen LogP contribution in [0.4, 0.5) is 13.2 Å². The van der Waals surface area contributed by atoms with Gasteiger partial charge in [0.25, 0.3) is 5.91 Å². The summed E-state index contributed by atoms with van der Waals surface area (Å²) < 4.78 is 87.4. The van der Waals surface area contributed by atoms with Crippen molar-refractivity contribution in [2.45, 2.75) is 114 Å². The van der Waals surface area contributed by atoms with Crippen LogP contribution in [0.3, 0.4) is 0 Å². The van der Waals surface area contributed by atoms with Gasteiger partial charge in [-0.2, -0.15) is 67.2 Å².